The third-order valence-electron chi connectivity index (χ3n) is 5.53. The van der Waals surface area contributed by atoms with E-state index in [0.717, 1.165) is 46.0 Å². The van der Waals surface area contributed by atoms with Gasteiger partial charge in [0.2, 0.25) is 0 Å². The van der Waals surface area contributed by atoms with Crippen LogP contribution in [-0.4, -0.2) is 35.7 Å². The lowest BCUT2D eigenvalue weighted by atomic mass is 10.0. The molecule has 0 atom stereocenters. The normalized spacial score (nSPS) is 13.0. The van der Waals surface area contributed by atoms with Gasteiger partial charge in [-0.3, -0.25) is 4.79 Å². The fourth-order valence-electron chi connectivity index (χ4n) is 3.51. The molecule has 4 rings (SSSR count). The van der Waals surface area contributed by atoms with Gasteiger partial charge in [0.15, 0.2) is 0 Å². The lowest BCUT2D eigenvalue weighted by Crippen LogP contribution is -2.14. The van der Waals surface area contributed by atoms with Gasteiger partial charge in [-0.15, -0.1) is 11.3 Å². The minimum atomic E-state index is 0.00971. The Bertz CT molecular complexity index is 1130. The number of hydrogen-bond donors (Lipinski definition) is 1. The second-order valence-electron chi connectivity index (χ2n) is 7.74. The summed E-state index contributed by atoms with van der Waals surface area (Å²) >= 11 is 1.68. The molecule has 0 aliphatic carbocycles. The number of benzene rings is 2. The van der Waals surface area contributed by atoms with Gasteiger partial charge in [-0.25, -0.2) is 9.98 Å². The first-order chi connectivity index (χ1) is 14.4. The van der Waals surface area contributed by atoms with E-state index >= 15 is 0 Å². The number of nitrogens with zero attached hydrogens (tertiary/aromatic N) is 3. The van der Waals surface area contributed by atoms with E-state index in [1.807, 2.05) is 25.5 Å². The summed E-state index contributed by atoms with van der Waals surface area (Å²) in [4.78, 5) is 23.3. The van der Waals surface area contributed by atoms with Gasteiger partial charge in [0.25, 0.3) is 5.91 Å². The van der Waals surface area contributed by atoms with Crippen molar-refractivity contribution in [2.75, 3.05) is 13.6 Å². The molecule has 0 bridgehead atoms. The van der Waals surface area contributed by atoms with E-state index in [9.17, 15) is 4.79 Å². The molecule has 5 nitrogen and oxygen atoms in total. The molecule has 0 fully saturated rings. The number of amides is 1. The number of carbonyl (C=O) groups is 1. The number of thiazole rings is 1. The first-order valence-corrected chi connectivity index (χ1v) is 11.0. The molecule has 1 N–H and O–H groups in total. The topological polar surface area (TPSA) is 57.6 Å². The predicted octanol–water partition coefficient (Wildman–Crippen LogP) is 4.87. The highest BCUT2D eigenvalue weighted by Crippen LogP contribution is 2.29. The van der Waals surface area contributed by atoms with Crippen LogP contribution in [0.5, 0.6) is 0 Å². The van der Waals surface area contributed by atoms with E-state index in [-0.39, 0.29) is 5.91 Å². The summed E-state index contributed by atoms with van der Waals surface area (Å²) in [6.45, 7) is 7.88. The summed E-state index contributed by atoms with van der Waals surface area (Å²) in [5, 5.41) is 6.05. The molecule has 0 saturated carbocycles. The van der Waals surface area contributed by atoms with Crippen LogP contribution in [0.3, 0.4) is 0 Å². The fraction of sp³-hybridized carbons (Fsp3) is 0.292. The summed E-state index contributed by atoms with van der Waals surface area (Å²) in [5.41, 5.74) is 8.53. The Hall–Kier alpha value is -2.99. The Balaban J connectivity index is 1.53. The number of aromatic nitrogens is 1. The van der Waals surface area contributed by atoms with Crippen LogP contribution in [0.1, 0.15) is 44.5 Å². The number of carbonyl (C=O) groups excluding carboxylic acids is 1. The monoisotopic (exact) mass is 418 g/mol. The fourth-order valence-corrected chi connectivity index (χ4v) is 4.34. The first-order valence-electron chi connectivity index (χ1n) is 10.1. The van der Waals surface area contributed by atoms with E-state index in [1.165, 1.54) is 16.7 Å². The zero-order valence-corrected chi connectivity index (χ0v) is 18.6. The van der Waals surface area contributed by atoms with Crippen molar-refractivity contribution in [3.05, 3.63) is 68.5 Å². The lowest BCUT2D eigenvalue weighted by Gasteiger charge is -2.11. The number of rotatable bonds is 6. The molecule has 6 heteroatoms. The lowest BCUT2D eigenvalue weighted by molar-refractivity contribution is 0.0966. The molecule has 30 heavy (non-hydrogen) atoms. The van der Waals surface area contributed by atoms with Crippen molar-refractivity contribution in [1.82, 2.24) is 15.2 Å². The Morgan fingerprint density at radius 2 is 2.07 bits per heavy atom. The third-order valence-corrected chi connectivity index (χ3v) is 6.37. The molecule has 1 amide bonds. The van der Waals surface area contributed by atoms with Gasteiger partial charge in [0, 0.05) is 43.1 Å². The average molecular weight is 419 g/mol. The summed E-state index contributed by atoms with van der Waals surface area (Å²) in [6.07, 6.45) is 2.69. The smallest absolute Gasteiger partial charge is 0.251 e. The molecule has 0 spiro atoms. The molecule has 0 saturated heterocycles. The van der Waals surface area contributed by atoms with E-state index in [1.54, 1.807) is 11.3 Å². The van der Waals surface area contributed by atoms with Crippen LogP contribution < -0.4 is 5.32 Å². The minimum absolute atomic E-state index is 0.00971. The van der Waals surface area contributed by atoms with Crippen LogP contribution in [-0.2, 0) is 13.0 Å². The highest BCUT2D eigenvalue weighted by Gasteiger charge is 2.19. The predicted molar refractivity (Wildman–Crippen MR) is 124 cm³/mol. The molecule has 1 aromatic heterocycles. The molecule has 154 valence electrons. The van der Waals surface area contributed by atoms with Gasteiger partial charge in [0.1, 0.15) is 0 Å². The SMILES string of the molecule is CCN(C)/C=N\c1cc(C)c(Cc2nc(-c3ccc4c(c3)CNC4=O)cs2)cc1C. The van der Waals surface area contributed by atoms with Crippen LogP contribution in [0.2, 0.25) is 0 Å². The van der Waals surface area contributed by atoms with Crippen molar-refractivity contribution >= 4 is 29.3 Å². The van der Waals surface area contributed by atoms with E-state index in [4.69, 9.17) is 4.98 Å². The minimum Gasteiger partial charge on any atom is -0.366 e. The van der Waals surface area contributed by atoms with Gasteiger partial charge >= 0.3 is 0 Å². The molecule has 1 aliphatic heterocycles. The van der Waals surface area contributed by atoms with Crippen molar-refractivity contribution in [3.8, 4) is 11.3 Å². The van der Waals surface area contributed by atoms with E-state index in [2.05, 4.69) is 59.6 Å². The van der Waals surface area contributed by atoms with Gasteiger partial charge in [0.05, 0.1) is 22.7 Å². The third kappa shape index (κ3) is 4.14. The quantitative estimate of drug-likeness (QED) is 0.459. The van der Waals surface area contributed by atoms with Gasteiger partial charge in [-0.1, -0.05) is 12.1 Å². The maximum absolute atomic E-state index is 11.8. The van der Waals surface area contributed by atoms with Gasteiger partial charge < -0.3 is 10.2 Å². The summed E-state index contributed by atoms with van der Waals surface area (Å²) in [6, 6.07) is 10.3. The highest BCUT2D eigenvalue weighted by atomic mass is 32.1. The molecule has 0 radical (unpaired) electrons. The summed E-state index contributed by atoms with van der Waals surface area (Å²) in [5.74, 6) is 0.00971. The zero-order chi connectivity index (χ0) is 21.3. The van der Waals surface area contributed by atoms with Gasteiger partial charge in [-0.05, 0) is 61.2 Å². The van der Waals surface area contributed by atoms with Crippen LogP contribution in [0.4, 0.5) is 5.69 Å². The molecule has 2 aromatic carbocycles. The summed E-state index contributed by atoms with van der Waals surface area (Å²) in [7, 11) is 2.02. The largest absolute Gasteiger partial charge is 0.366 e. The molecular weight excluding hydrogens is 392 g/mol. The Morgan fingerprint density at radius 1 is 1.23 bits per heavy atom. The summed E-state index contributed by atoms with van der Waals surface area (Å²) < 4.78 is 0. The maximum Gasteiger partial charge on any atom is 0.251 e. The van der Waals surface area contributed by atoms with E-state index < -0.39 is 0 Å². The molecule has 2 heterocycles. The van der Waals surface area contributed by atoms with Crippen molar-refractivity contribution in [2.24, 2.45) is 4.99 Å². The molecule has 0 unspecified atom stereocenters. The second kappa shape index (κ2) is 8.40. The Morgan fingerprint density at radius 3 is 2.87 bits per heavy atom. The van der Waals surface area contributed by atoms with Crippen molar-refractivity contribution < 1.29 is 4.79 Å². The highest BCUT2D eigenvalue weighted by molar-refractivity contribution is 7.10. The number of aliphatic imine (C=N–C) groups is 1. The molecule has 3 aromatic rings. The number of aryl methyl sites for hydroxylation is 2. The standard InChI is InChI=1S/C24H26N4OS/c1-5-28(4)14-26-21-9-15(2)18(8-16(21)3)11-23-27-22(13-30-23)17-6-7-20-19(10-17)12-25-24(20)29/h6-10,13-14H,5,11-12H2,1-4H3,(H,25,29)/b26-14-. The van der Waals surface area contributed by atoms with E-state index in [0.29, 0.717) is 6.54 Å². The Kier molecular flexibility index (Phi) is 5.68. The van der Waals surface area contributed by atoms with Crippen LogP contribution >= 0.6 is 11.3 Å². The van der Waals surface area contributed by atoms with Crippen molar-refractivity contribution in [1.29, 1.82) is 0 Å². The second-order valence-corrected chi connectivity index (χ2v) is 8.68. The number of fused-ring (bicyclic) bond motifs is 1. The van der Waals surface area contributed by atoms with Crippen LogP contribution in [0.25, 0.3) is 11.3 Å². The van der Waals surface area contributed by atoms with Crippen LogP contribution in [0, 0.1) is 13.8 Å². The van der Waals surface area contributed by atoms with Crippen molar-refractivity contribution in [2.45, 2.75) is 33.7 Å². The number of hydrogen-bond acceptors (Lipinski definition) is 4. The van der Waals surface area contributed by atoms with Gasteiger partial charge in [-0.2, -0.15) is 0 Å². The number of nitrogens with one attached hydrogen (secondary N) is 1. The average Bonchev–Trinajstić information content (AvgIpc) is 3.35. The zero-order valence-electron chi connectivity index (χ0n) is 17.8. The van der Waals surface area contributed by atoms with Crippen molar-refractivity contribution in [3.63, 3.8) is 0 Å². The maximum atomic E-state index is 11.8. The molecule has 1 aliphatic rings. The first kappa shape index (κ1) is 20.3. The molecular formula is C24H26N4OS. The van der Waals surface area contributed by atoms with Crippen LogP contribution in [0.15, 0.2) is 40.7 Å². The Labute approximate surface area is 181 Å².